The Morgan fingerprint density at radius 1 is 0.793 bits per heavy atom. The van der Waals surface area contributed by atoms with Gasteiger partial charge >= 0.3 is 12.4 Å². The predicted octanol–water partition coefficient (Wildman–Crippen LogP) is 5.18. The van der Waals surface area contributed by atoms with Gasteiger partial charge < -0.3 is 4.98 Å². The van der Waals surface area contributed by atoms with E-state index in [1.165, 1.54) is 24.3 Å². The molecule has 0 amide bonds. The lowest BCUT2D eigenvalue weighted by Crippen LogP contribution is -2.07. The monoisotopic (exact) mass is 434 g/mol. The van der Waals surface area contributed by atoms with Gasteiger partial charge in [0, 0.05) is 17.4 Å². The van der Waals surface area contributed by atoms with Crippen molar-refractivity contribution >= 4 is 9.84 Å². The molecule has 1 aromatic heterocycles. The third-order valence-corrected chi connectivity index (χ3v) is 5.16. The number of nitrogens with one attached hydrogen (secondary N) is 1. The molecule has 154 valence electrons. The van der Waals surface area contributed by atoms with Crippen molar-refractivity contribution in [1.82, 2.24) is 9.97 Å². The SMILES string of the molecule is CS(=O)(=O)c1ccc(-c2nc(C(F)(F)F)[nH]c2-c2ccc(C(F)(F)F)cc2)cc1. The van der Waals surface area contributed by atoms with Crippen LogP contribution in [0.5, 0.6) is 0 Å². The molecule has 0 atom stereocenters. The Morgan fingerprint density at radius 3 is 1.76 bits per heavy atom. The molecule has 0 bridgehead atoms. The molecule has 0 radical (unpaired) electrons. The van der Waals surface area contributed by atoms with Crippen LogP contribution >= 0.6 is 0 Å². The Balaban J connectivity index is 2.13. The van der Waals surface area contributed by atoms with Gasteiger partial charge in [0.05, 0.1) is 21.8 Å². The topological polar surface area (TPSA) is 62.8 Å². The third-order valence-electron chi connectivity index (χ3n) is 4.03. The molecule has 0 aliphatic heterocycles. The number of H-pyrrole nitrogens is 1. The molecule has 0 unspecified atom stereocenters. The molecule has 1 heterocycles. The summed E-state index contributed by atoms with van der Waals surface area (Å²) in [4.78, 5) is 5.60. The second-order valence-corrected chi connectivity index (χ2v) is 8.19. The van der Waals surface area contributed by atoms with Crippen molar-refractivity contribution in [2.45, 2.75) is 17.2 Å². The second kappa shape index (κ2) is 6.90. The van der Waals surface area contributed by atoms with Crippen LogP contribution in [0.4, 0.5) is 26.3 Å². The number of imidazole rings is 1. The van der Waals surface area contributed by atoms with E-state index in [0.29, 0.717) is 0 Å². The van der Waals surface area contributed by atoms with Crippen molar-refractivity contribution in [3.63, 3.8) is 0 Å². The van der Waals surface area contributed by atoms with Crippen LogP contribution in [0.15, 0.2) is 53.4 Å². The normalized spacial score (nSPS) is 12.9. The Morgan fingerprint density at radius 2 is 1.31 bits per heavy atom. The van der Waals surface area contributed by atoms with Gasteiger partial charge in [0.2, 0.25) is 5.82 Å². The molecule has 0 aliphatic rings. The highest BCUT2D eigenvalue weighted by Crippen LogP contribution is 2.37. The highest BCUT2D eigenvalue weighted by molar-refractivity contribution is 7.90. The summed E-state index contributed by atoms with van der Waals surface area (Å²) < 4.78 is 101. The average molecular weight is 434 g/mol. The minimum atomic E-state index is -4.81. The van der Waals surface area contributed by atoms with Crippen molar-refractivity contribution in [3.05, 3.63) is 59.9 Å². The molecule has 29 heavy (non-hydrogen) atoms. The van der Waals surface area contributed by atoms with E-state index >= 15 is 0 Å². The zero-order valence-electron chi connectivity index (χ0n) is 14.6. The molecule has 0 saturated carbocycles. The van der Waals surface area contributed by atoms with Crippen molar-refractivity contribution in [1.29, 1.82) is 0 Å². The number of aromatic amines is 1. The number of rotatable bonds is 3. The number of nitrogens with zero attached hydrogens (tertiary/aromatic N) is 1. The van der Waals surface area contributed by atoms with E-state index in [-0.39, 0.29) is 27.4 Å². The molecular formula is C18H12F6N2O2S. The van der Waals surface area contributed by atoms with Crippen LogP contribution in [-0.2, 0) is 22.2 Å². The maximum atomic E-state index is 13.1. The maximum Gasteiger partial charge on any atom is 0.449 e. The Hall–Kier alpha value is -2.82. The number of benzene rings is 2. The molecule has 0 fully saturated rings. The van der Waals surface area contributed by atoms with Gasteiger partial charge in [0.1, 0.15) is 0 Å². The van der Waals surface area contributed by atoms with E-state index in [4.69, 9.17) is 0 Å². The first-order chi connectivity index (χ1) is 13.3. The minimum absolute atomic E-state index is 0.0380. The van der Waals surface area contributed by atoms with Crippen LogP contribution in [0, 0.1) is 0 Å². The number of sulfone groups is 1. The highest BCUT2D eigenvalue weighted by atomic mass is 32.2. The van der Waals surface area contributed by atoms with E-state index in [1.54, 1.807) is 0 Å². The molecule has 0 spiro atoms. The van der Waals surface area contributed by atoms with Crippen molar-refractivity contribution < 1.29 is 34.8 Å². The molecule has 4 nitrogen and oxygen atoms in total. The van der Waals surface area contributed by atoms with Crippen molar-refractivity contribution in [2.24, 2.45) is 0 Å². The number of aromatic nitrogens is 2. The van der Waals surface area contributed by atoms with Crippen LogP contribution in [-0.4, -0.2) is 24.6 Å². The van der Waals surface area contributed by atoms with Crippen LogP contribution in [0.25, 0.3) is 22.5 Å². The third kappa shape index (κ3) is 4.44. The maximum absolute atomic E-state index is 13.1. The average Bonchev–Trinajstić information content (AvgIpc) is 3.06. The Kier molecular flexibility index (Phi) is 4.98. The summed E-state index contributed by atoms with van der Waals surface area (Å²) in [6.07, 6.45) is -8.43. The lowest BCUT2D eigenvalue weighted by molar-refractivity contribution is -0.144. The number of hydrogen-bond donors (Lipinski definition) is 1. The fourth-order valence-corrected chi connectivity index (χ4v) is 3.24. The fourth-order valence-electron chi connectivity index (χ4n) is 2.61. The summed E-state index contributed by atoms with van der Waals surface area (Å²) in [6, 6.07) is 8.54. The number of halogens is 6. The smallest absolute Gasteiger partial charge is 0.334 e. The van der Waals surface area contributed by atoms with E-state index in [2.05, 4.69) is 9.97 Å². The van der Waals surface area contributed by atoms with Crippen LogP contribution in [0.3, 0.4) is 0 Å². The van der Waals surface area contributed by atoms with Crippen LogP contribution in [0.1, 0.15) is 11.4 Å². The largest absolute Gasteiger partial charge is 0.449 e. The van der Waals surface area contributed by atoms with Crippen molar-refractivity contribution in [2.75, 3.05) is 6.26 Å². The molecule has 0 saturated heterocycles. The van der Waals surface area contributed by atoms with Crippen LogP contribution in [0.2, 0.25) is 0 Å². The summed E-state index contributed by atoms with van der Waals surface area (Å²) in [7, 11) is -3.52. The second-order valence-electron chi connectivity index (χ2n) is 6.18. The molecular weight excluding hydrogens is 422 g/mol. The van der Waals surface area contributed by atoms with Gasteiger partial charge in [-0.25, -0.2) is 13.4 Å². The first kappa shape index (κ1) is 20.9. The standard InChI is InChI=1S/C18H12F6N2O2S/c1-29(27,28)13-8-4-11(5-9-13)15-14(25-16(26-15)18(22,23)24)10-2-6-12(7-3-10)17(19,20)21/h2-9H,1H3,(H,25,26). The fraction of sp³-hybridized carbons (Fsp3) is 0.167. The van der Waals surface area contributed by atoms with Gasteiger partial charge in [-0.2, -0.15) is 26.3 Å². The summed E-state index contributed by atoms with van der Waals surface area (Å²) in [5.41, 5.74) is -1.03. The van der Waals surface area contributed by atoms with Gasteiger partial charge in [0.25, 0.3) is 0 Å². The van der Waals surface area contributed by atoms with E-state index in [1.807, 2.05) is 0 Å². The van der Waals surface area contributed by atoms with Crippen molar-refractivity contribution in [3.8, 4) is 22.5 Å². The van der Waals surface area contributed by atoms with Gasteiger partial charge in [0.15, 0.2) is 9.84 Å². The first-order valence-corrected chi connectivity index (χ1v) is 9.81. The zero-order valence-corrected chi connectivity index (χ0v) is 15.4. The number of alkyl halides is 6. The van der Waals surface area contributed by atoms with E-state index in [0.717, 1.165) is 30.5 Å². The molecule has 3 rings (SSSR count). The number of hydrogen-bond acceptors (Lipinski definition) is 3. The molecule has 0 aliphatic carbocycles. The summed E-state index contributed by atoms with van der Waals surface area (Å²) >= 11 is 0. The van der Waals surface area contributed by atoms with Gasteiger partial charge in [-0.1, -0.05) is 24.3 Å². The minimum Gasteiger partial charge on any atom is -0.334 e. The van der Waals surface area contributed by atoms with E-state index < -0.39 is 33.6 Å². The quantitative estimate of drug-likeness (QED) is 0.578. The molecule has 1 N–H and O–H groups in total. The lowest BCUT2D eigenvalue weighted by Gasteiger charge is -2.08. The van der Waals surface area contributed by atoms with Gasteiger partial charge in [-0.3, -0.25) is 0 Å². The molecule has 11 heteroatoms. The predicted molar refractivity (Wildman–Crippen MR) is 92.6 cm³/mol. The summed E-state index contributed by atoms with van der Waals surface area (Å²) in [5.74, 6) is -1.32. The van der Waals surface area contributed by atoms with E-state index in [9.17, 15) is 34.8 Å². The highest BCUT2D eigenvalue weighted by Gasteiger charge is 2.36. The lowest BCUT2D eigenvalue weighted by atomic mass is 10.0. The zero-order chi connectivity index (χ0) is 21.6. The summed E-state index contributed by atoms with van der Waals surface area (Å²) in [6.45, 7) is 0. The molecule has 3 aromatic rings. The Bertz CT molecular complexity index is 1130. The van der Waals surface area contributed by atoms with Crippen LogP contribution < -0.4 is 0 Å². The Labute approximate surface area is 161 Å². The first-order valence-electron chi connectivity index (χ1n) is 7.92. The van der Waals surface area contributed by atoms with Gasteiger partial charge in [-0.05, 0) is 24.3 Å². The molecule has 2 aromatic carbocycles. The summed E-state index contributed by atoms with van der Waals surface area (Å²) in [5, 5.41) is 0. The van der Waals surface area contributed by atoms with Gasteiger partial charge in [-0.15, -0.1) is 0 Å².